The normalized spacial score (nSPS) is 23.0. The van der Waals surface area contributed by atoms with Crippen LogP contribution in [0, 0.1) is 17.8 Å². The highest BCUT2D eigenvalue weighted by atomic mass is 127. The fraction of sp³-hybridized carbons (Fsp3) is 0.944. The Hall–Kier alpha value is -0.180. The van der Waals surface area contributed by atoms with Crippen LogP contribution in [0.25, 0.3) is 0 Å². The minimum atomic E-state index is -2.23. The molecule has 1 saturated heterocycles. The number of guanidine groups is 1. The highest BCUT2D eigenvalue weighted by Crippen LogP contribution is 2.49. The van der Waals surface area contributed by atoms with E-state index in [2.05, 4.69) is 17.6 Å². The van der Waals surface area contributed by atoms with Gasteiger partial charge in [0, 0.05) is 32.2 Å². The SMILES string of the molecule is CCNC(=NCC(C1CC1)C1CC1)NC1CCN(CC(F)F)CC1.I. The van der Waals surface area contributed by atoms with Crippen molar-refractivity contribution in [1.29, 1.82) is 0 Å². The second kappa shape index (κ2) is 10.2. The summed E-state index contributed by atoms with van der Waals surface area (Å²) in [5.41, 5.74) is 0. The molecule has 3 rings (SSSR count). The third kappa shape index (κ3) is 7.15. The van der Waals surface area contributed by atoms with Crippen molar-refractivity contribution in [3.05, 3.63) is 0 Å². The van der Waals surface area contributed by atoms with Gasteiger partial charge in [-0.3, -0.25) is 9.89 Å². The number of piperidine rings is 1. The van der Waals surface area contributed by atoms with E-state index in [0.29, 0.717) is 6.04 Å². The summed E-state index contributed by atoms with van der Waals surface area (Å²) in [6.45, 7) is 5.28. The number of nitrogens with one attached hydrogen (secondary N) is 2. The lowest BCUT2D eigenvalue weighted by Gasteiger charge is -2.32. The van der Waals surface area contributed by atoms with E-state index in [0.717, 1.165) is 62.7 Å². The lowest BCUT2D eigenvalue weighted by atomic mass is 9.98. The van der Waals surface area contributed by atoms with Crippen LogP contribution >= 0.6 is 24.0 Å². The van der Waals surface area contributed by atoms with Gasteiger partial charge in [-0.25, -0.2) is 8.78 Å². The minimum absolute atomic E-state index is 0. The molecule has 0 bridgehead atoms. The van der Waals surface area contributed by atoms with Gasteiger partial charge in [-0.1, -0.05) is 0 Å². The highest BCUT2D eigenvalue weighted by molar-refractivity contribution is 14.0. The topological polar surface area (TPSA) is 39.7 Å². The average molecular weight is 470 g/mol. The Labute approximate surface area is 167 Å². The summed E-state index contributed by atoms with van der Waals surface area (Å²) < 4.78 is 24.9. The van der Waals surface area contributed by atoms with Crippen LogP contribution in [0.4, 0.5) is 8.78 Å². The molecular weight excluding hydrogens is 437 g/mol. The maximum atomic E-state index is 12.5. The molecule has 146 valence electrons. The van der Waals surface area contributed by atoms with Gasteiger partial charge in [-0.15, -0.1) is 24.0 Å². The molecule has 25 heavy (non-hydrogen) atoms. The molecule has 0 amide bonds. The van der Waals surface area contributed by atoms with Gasteiger partial charge in [-0.05, 0) is 63.2 Å². The lowest BCUT2D eigenvalue weighted by molar-refractivity contribution is 0.0744. The molecule has 0 radical (unpaired) electrons. The molecule has 7 heteroatoms. The van der Waals surface area contributed by atoms with Crippen LogP contribution in [0.5, 0.6) is 0 Å². The highest BCUT2D eigenvalue weighted by Gasteiger charge is 2.41. The molecule has 0 aromatic rings. The Morgan fingerprint density at radius 2 is 1.68 bits per heavy atom. The summed E-state index contributed by atoms with van der Waals surface area (Å²) in [7, 11) is 0. The van der Waals surface area contributed by atoms with E-state index in [4.69, 9.17) is 4.99 Å². The van der Waals surface area contributed by atoms with E-state index in [1.165, 1.54) is 25.7 Å². The Balaban J connectivity index is 0.00000225. The fourth-order valence-electron chi connectivity index (χ4n) is 3.90. The molecule has 0 atom stereocenters. The predicted molar refractivity (Wildman–Crippen MR) is 109 cm³/mol. The third-order valence-corrected chi connectivity index (χ3v) is 5.58. The van der Waals surface area contributed by atoms with Crippen molar-refractivity contribution in [2.75, 3.05) is 32.7 Å². The van der Waals surface area contributed by atoms with Gasteiger partial charge in [0.25, 0.3) is 6.43 Å². The van der Waals surface area contributed by atoms with Crippen molar-refractivity contribution in [3.63, 3.8) is 0 Å². The molecule has 2 saturated carbocycles. The predicted octanol–water partition coefficient (Wildman–Crippen LogP) is 3.33. The number of aliphatic imine (C=N–C) groups is 1. The van der Waals surface area contributed by atoms with Crippen molar-refractivity contribution in [3.8, 4) is 0 Å². The van der Waals surface area contributed by atoms with Crippen LogP contribution in [0.15, 0.2) is 4.99 Å². The molecule has 3 aliphatic rings. The van der Waals surface area contributed by atoms with Crippen LogP contribution in [0.2, 0.25) is 0 Å². The van der Waals surface area contributed by atoms with Gasteiger partial charge in [0.05, 0.1) is 6.54 Å². The number of halogens is 3. The smallest absolute Gasteiger partial charge is 0.251 e. The Morgan fingerprint density at radius 1 is 1.08 bits per heavy atom. The first-order valence-electron chi connectivity index (χ1n) is 9.71. The molecule has 3 fully saturated rings. The maximum absolute atomic E-state index is 12.5. The van der Waals surface area contributed by atoms with E-state index in [-0.39, 0.29) is 30.5 Å². The number of alkyl halides is 2. The Bertz CT molecular complexity index is 407. The second-order valence-electron chi connectivity index (χ2n) is 7.67. The van der Waals surface area contributed by atoms with Gasteiger partial charge in [0.2, 0.25) is 0 Å². The molecule has 1 aliphatic heterocycles. The monoisotopic (exact) mass is 470 g/mol. The summed E-state index contributed by atoms with van der Waals surface area (Å²) in [6.07, 6.45) is 5.16. The zero-order valence-electron chi connectivity index (χ0n) is 15.2. The van der Waals surface area contributed by atoms with Crippen LogP contribution in [-0.2, 0) is 0 Å². The van der Waals surface area contributed by atoms with Gasteiger partial charge in [0.1, 0.15) is 0 Å². The van der Waals surface area contributed by atoms with Crippen LogP contribution < -0.4 is 10.6 Å². The maximum Gasteiger partial charge on any atom is 0.251 e. The quantitative estimate of drug-likeness (QED) is 0.325. The summed E-state index contributed by atoms with van der Waals surface area (Å²) in [5.74, 6) is 3.54. The summed E-state index contributed by atoms with van der Waals surface area (Å²) in [6, 6.07) is 0.344. The van der Waals surface area contributed by atoms with E-state index in [1.54, 1.807) is 0 Å². The summed E-state index contributed by atoms with van der Waals surface area (Å²) in [5, 5.41) is 6.88. The Morgan fingerprint density at radius 3 is 2.16 bits per heavy atom. The first kappa shape index (κ1) is 21.1. The van der Waals surface area contributed by atoms with E-state index in [1.807, 2.05) is 4.90 Å². The number of hydrogen-bond acceptors (Lipinski definition) is 2. The Kier molecular flexibility index (Phi) is 8.64. The number of rotatable bonds is 8. The molecule has 2 aliphatic carbocycles. The third-order valence-electron chi connectivity index (χ3n) is 5.58. The van der Waals surface area contributed by atoms with E-state index in [9.17, 15) is 8.78 Å². The van der Waals surface area contributed by atoms with E-state index < -0.39 is 6.43 Å². The summed E-state index contributed by atoms with van der Waals surface area (Å²) >= 11 is 0. The van der Waals surface area contributed by atoms with Crippen molar-refractivity contribution in [1.82, 2.24) is 15.5 Å². The number of hydrogen-bond donors (Lipinski definition) is 2. The number of likely N-dealkylation sites (tertiary alicyclic amines) is 1. The largest absolute Gasteiger partial charge is 0.357 e. The van der Waals surface area contributed by atoms with Crippen molar-refractivity contribution in [2.24, 2.45) is 22.7 Å². The second-order valence-corrected chi connectivity index (χ2v) is 7.67. The van der Waals surface area contributed by atoms with Crippen molar-refractivity contribution >= 4 is 29.9 Å². The first-order valence-corrected chi connectivity index (χ1v) is 9.71. The first-order chi connectivity index (χ1) is 11.7. The van der Waals surface area contributed by atoms with Crippen molar-refractivity contribution in [2.45, 2.75) is 57.9 Å². The molecule has 4 nitrogen and oxygen atoms in total. The lowest BCUT2D eigenvalue weighted by Crippen LogP contribution is -2.49. The zero-order valence-corrected chi connectivity index (χ0v) is 17.6. The van der Waals surface area contributed by atoms with Crippen LogP contribution in [0.3, 0.4) is 0 Å². The van der Waals surface area contributed by atoms with Gasteiger partial charge in [-0.2, -0.15) is 0 Å². The molecule has 0 aromatic heterocycles. The fourth-order valence-corrected chi connectivity index (χ4v) is 3.90. The zero-order chi connectivity index (χ0) is 16.9. The molecule has 0 aromatic carbocycles. The molecule has 0 spiro atoms. The van der Waals surface area contributed by atoms with Crippen molar-refractivity contribution < 1.29 is 8.78 Å². The summed E-state index contributed by atoms with van der Waals surface area (Å²) in [4.78, 5) is 6.72. The van der Waals surface area contributed by atoms with Crippen LogP contribution in [-0.4, -0.2) is 56.1 Å². The van der Waals surface area contributed by atoms with Gasteiger partial charge < -0.3 is 10.6 Å². The van der Waals surface area contributed by atoms with E-state index >= 15 is 0 Å². The molecular formula is C18H33F2IN4. The van der Waals surface area contributed by atoms with Gasteiger partial charge >= 0.3 is 0 Å². The van der Waals surface area contributed by atoms with Gasteiger partial charge in [0.15, 0.2) is 5.96 Å². The minimum Gasteiger partial charge on any atom is -0.357 e. The molecule has 1 heterocycles. The molecule has 0 unspecified atom stereocenters. The number of nitrogens with zero attached hydrogens (tertiary/aromatic N) is 2. The average Bonchev–Trinajstić information content (AvgIpc) is 3.43. The standard InChI is InChI=1S/C18H32F2N4.HI/c1-2-21-18(22-11-16(13-3-4-13)14-5-6-14)23-15-7-9-24(10-8-15)12-17(19)20;/h13-17H,2-12H2,1H3,(H2,21,22,23);1H. The van der Waals surface area contributed by atoms with Crippen LogP contribution in [0.1, 0.15) is 45.4 Å². The molecule has 2 N–H and O–H groups in total.